The highest BCUT2D eigenvalue weighted by atomic mass is 16.5. The number of ether oxygens (including phenoxy) is 1. The first-order valence-corrected chi connectivity index (χ1v) is 8.35. The first kappa shape index (κ1) is 14.9. The fourth-order valence-electron chi connectivity index (χ4n) is 3.35. The van der Waals surface area contributed by atoms with Crippen molar-refractivity contribution in [3.8, 4) is 0 Å². The topological polar surface area (TPSA) is 39.2 Å². The van der Waals surface area contributed by atoms with Gasteiger partial charge in [0.1, 0.15) is 6.61 Å². The number of pyridine rings is 1. The van der Waals surface area contributed by atoms with Crippen molar-refractivity contribution in [2.24, 2.45) is 0 Å². The van der Waals surface area contributed by atoms with Gasteiger partial charge in [0.25, 0.3) is 0 Å². The van der Waals surface area contributed by atoms with E-state index in [2.05, 4.69) is 0 Å². The quantitative estimate of drug-likeness (QED) is 0.673. The number of hydrogen-bond acceptors (Lipinski definition) is 3. The fraction of sp³-hybridized carbons (Fsp3) is 0.238. The molecule has 120 valence electrons. The van der Waals surface area contributed by atoms with E-state index in [0.29, 0.717) is 12.2 Å². The Morgan fingerprint density at radius 3 is 2.71 bits per heavy atom. The summed E-state index contributed by atoms with van der Waals surface area (Å²) in [6.07, 6.45) is 2.90. The summed E-state index contributed by atoms with van der Waals surface area (Å²) in [5.74, 6) is -0.243. The van der Waals surface area contributed by atoms with Gasteiger partial charge in [-0.3, -0.25) is 4.98 Å². The molecule has 3 aromatic rings. The Balaban J connectivity index is 1.67. The average molecular weight is 317 g/mol. The Morgan fingerprint density at radius 1 is 1.08 bits per heavy atom. The van der Waals surface area contributed by atoms with Gasteiger partial charge in [0.15, 0.2) is 0 Å². The van der Waals surface area contributed by atoms with Crippen LogP contribution in [0.5, 0.6) is 0 Å². The van der Waals surface area contributed by atoms with Crippen LogP contribution in [0.4, 0.5) is 0 Å². The second-order valence-corrected chi connectivity index (χ2v) is 6.34. The highest BCUT2D eigenvalue weighted by molar-refractivity contribution is 6.05. The number of aryl methyl sites for hydroxylation is 2. The minimum Gasteiger partial charge on any atom is -0.457 e. The van der Waals surface area contributed by atoms with Crippen molar-refractivity contribution >= 4 is 16.9 Å². The lowest BCUT2D eigenvalue weighted by Gasteiger charge is -2.12. The van der Waals surface area contributed by atoms with Crippen molar-refractivity contribution < 1.29 is 9.53 Å². The molecule has 1 aliphatic carbocycles. The number of rotatable bonds is 3. The van der Waals surface area contributed by atoms with Crippen molar-refractivity contribution in [2.75, 3.05) is 0 Å². The summed E-state index contributed by atoms with van der Waals surface area (Å²) in [4.78, 5) is 17.5. The highest BCUT2D eigenvalue weighted by Gasteiger charge is 2.24. The molecule has 24 heavy (non-hydrogen) atoms. The lowest BCUT2D eigenvalue weighted by Crippen LogP contribution is -2.10. The molecule has 0 saturated carbocycles. The number of hydrogen-bond donors (Lipinski definition) is 0. The van der Waals surface area contributed by atoms with E-state index < -0.39 is 0 Å². The number of nitrogens with zero attached hydrogens (tertiary/aromatic N) is 1. The summed E-state index contributed by atoms with van der Waals surface area (Å²) >= 11 is 0. The molecule has 4 rings (SSSR count). The minimum absolute atomic E-state index is 0.243. The van der Waals surface area contributed by atoms with Gasteiger partial charge in [-0.25, -0.2) is 4.79 Å². The Labute approximate surface area is 141 Å². The molecular formula is C21H19NO2. The number of benzene rings is 2. The zero-order valence-electron chi connectivity index (χ0n) is 13.7. The Bertz CT molecular complexity index is 913. The number of carbonyl (C=O) groups excluding carboxylic acids is 1. The maximum absolute atomic E-state index is 12.8. The maximum atomic E-state index is 12.8. The van der Waals surface area contributed by atoms with Crippen LogP contribution >= 0.6 is 0 Å². The number of aromatic nitrogens is 1. The van der Waals surface area contributed by atoms with E-state index in [9.17, 15) is 4.79 Å². The molecule has 3 nitrogen and oxygen atoms in total. The first-order valence-electron chi connectivity index (χ1n) is 8.35. The van der Waals surface area contributed by atoms with E-state index in [1.165, 1.54) is 5.56 Å². The molecule has 0 N–H and O–H groups in total. The highest BCUT2D eigenvalue weighted by Crippen LogP contribution is 2.30. The summed E-state index contributed by atoms with van der Waals surface area (Å²) in [6, 6.07) is 15.9. The van der Waals surface area contributed by atoms with E-state index in [1.807, 2.05) is 55.5 Å². The predicted octanol–water partition coefficient (Wildman–Crippen LogP) is 4.39. The van der Waals surface area contributed by atoms with E-state index in [-0.39, 0.29) is 5.97 Å². The molecule has 0 spiro atoms. The van der Waals surface area contributed by atoms with Crippen molar-refractivity contribution in [3.05, 3.63) is 76.5 Å². The van der Waals surface area contributed by atoms with Crippen LogP contribution in [0.2, 0.25) is 0 Å². The van der Waals surface area contributed by atoms with Gasteiger partial charge in [-0.05, 0) is 43.4 Å². The molecule has 2 aromatic carbocycles. The van der Waals surface area contributed by atoms with Gasteiger partial charge in [-0.2, -0.15) is 0 Å². The van der Waals surface area contributed by atoms with Crippen molar-refractivity contribution in [3.63, 3.8) is 0 Å². The van der Waals surface area contributed by atoms with Crippen molar-refractivity contribution in [1.29, 1.82) is 0 Å². The Hall–Kier alpha value is -2.68. The van der Waals surface area contributed by atoms with Crippen LogP contribution in [0.1, 0.15) is 39.2 Å². The molecule has 0 saturated heterocycles. The van der Waals surface area contributed by atoms with Gasteiger partial charge >= 0.3 is 5.97 Å². The lowest BCUT2D eigenvalue weighted by molar-refractivity contribution is 0.0474. The molecule has 0 atom stereocenters. The molecule has 0 fully saturated rings. The van der Waals surface area contributed by atoms with Crippen LogP contribution in [0.25, 0.3) is 10.9 Å². The van der Waals surface area contributed by atoms with Gasteiger partial charge < -0.3 is 4.74 Å². The summed E-state index contributed by atoms with van der Waals surface area (Å²) in [5, 5.41) is 0.895. The van der Waals surface area contributed by atoms with Crippen molar-refractivity contribution in [1.82, 2.24) is 4.98 Å². The normalized spacial score (nSPS) is 13.0. The summed E-state index contributed by atoms with van der Waals surface area (Å²) in [7, 11) is 0. The fourth-order valence-corrected chi connectivity index (χ4v) is 3.35. The average Bonchev–Trinajstić information content (AvgIpc) is 3.06. The number of carbonyl (C=O) groups is 1. The van der Waals surface area contributed by atoms with Gasteiger partial charge in [-0.15, -0.1) is 0 Å². The summed E-state index contributed by atoms with van der Waals surface area (Å²) in [6.45, 7) is 2.34. The molecule has 0 unspecified atom stereocenters. The molecule has 0 amide bonds. The predicted molar refractivity (Wildman–Crippen MR) is 94.1 cm³/mol. The minimum atomic E-state index is -0.243. The third kappa shape index (κ3) is 2.67. The zero-order chi connectivity index (χ0) is 16.5. The summed E-state index contributed by atoms with van der Waals surface area (Å²) < 4.78 is 5.62. The second-order valence-electron chi connectivity index (χ2n) is 6.34. The monoisotopic (exact) mass is 317 g/mol. The van der Waals surface area contributed by atoms with Gasteiger partial charge in [0.2, 0.25) is 0 Å². The largest absolute Gasteiger partial charge is 0.457 e. The zero-order valence-corrected chi connectivity index (χ0v) is 13.7. The van der Waals surface area contributed by atoms with Gasteiger partial charge in [0.05, 0.1) is 11.1 Å². The molecule has 1 heterocycles. The third-order valence-corrected chi connectivity index (χ3v) is 4.61. The van der Waals surface area contributed by atoms with Crippen molar-refractivity contribution in [2.45, 2.75) is 32.8 Å². The molecule has 1 aliphatic rings. The first-order chi connectivity index (χ1) is 11.7. The smallest absolute Gasteiger partial charge is 0.339 e. The van der Waals surface area contributed by atoms with Crippen LogP contribution in [-0.4, -0.2) is 11.0 Å². The van der Waals surface area contributed by atoms with Crippen LogP contribution in [0.3, 0.4) is 0 Å². The van der Waals surface area contributed by atoms with Crippen LogP contribution < -0.4 is 0 Å². The van der Waals surface area contributed by atoms with Crippen LogP contribution in [-0.2, 0) is 24.2 Å². The van der Waals surface area contributed by atoms with E-state index >= 15 is 0 Å². The third-order valence-electron chi connectivity index (χ3n) is 4.61. The molecule has 3 heteroatoms. The number of para-hydroxylation sites is 1. The molecule has 0 bridgehead atoms. The molecule has 1 aromatic heterocycles. The molecule has 0 aliphatic heterocycles. The van der Waals surface area contributed by atoms with Crippen LogP contribution in [0.15, 0.2) is 48.5 Å². The second kappa shape index (κ2) is 6.08. The number of fused-ring (bicyclic) bond motifs is 2. The summed E-state index contributed by atoms with van der Waals surface area (Å²) in [5.41, 5.74) is 5.91. The molecular weight excluding hydrogens is 298 g/mol. The Morgan fingerprint density at radius 2 is 1.88 bits per heavy atom. The van der Waals surface area contributed by atoms with Gasteiger partial charge in [0, 0.05) is 11.1 Å². The van der Waals surface area contributed by atoms with E-state index in [4.69, 9.17) is 9.72 Å². The lowest BCUT2D eigenvalue weighted by atomic mass is 10.0. The van der Waals surface area contributed by atoms with E-state index in [0.717, 1.165) is 47.0 Å². The molecule has 0 radical (unpaired) electrons. The van der Waals surface area contributed by atoms with Crippen LogP contribution in [0, 0.1) is 6.92 Å². The number of esters is 1. The SMILES string of the molecule is Cc1ccc(COC(=O)c2c3c(nc4ccccc24)CCC3)cc1. The maximum Gasteiger partial charge on any atom is 0.339 e. The van der Waals surface area contributed by atoms with E-state index in [1.54, 1.807) is 0 Å². The standard InChI is InChI=1S/C21H19NO2/c1-14-9-11-15(12-10-14)13-24-21(23)20-16-5-2-3-7-18(16)22-19-8-4-6-17(19)20/h2-3,5,7,9-12H,4,6,8,13H2,1H3. The Kier molecular flexibility index (Phi) is 3.77. The van der Waals surface area contributed by atoms with Gasteiger partial charge in [-0.1, -0.05) is 48.0 Å².